The summed E-state index contributed by atoms with van der Waals surface area (Å²) in [5.74, 6) is 1.83. The Bertz CT molecular complexity index is 751. The van der Waals surface area contributed by atoms with Gasteiger partial charge in [0.15, 0.2) is 0 Å². The summed E-state index contributed by atoms with van der Waals surface area (Å²) in [5.41, 5.74) is 1.22. The van der Waals surface area contributed by atoms with Crippen LogP contribution in [0.2, 0.25) is 0 Å². The third-order valence-corrected chi connectivity index (χ3v) is 5.80. The summed E-state index contributed by atoms with van der Waals surface area (Å²) in [5, 5.41) is 4.39. The normalized spacial score (nSPS) is 19.1. The standard InChI is InChI=1S/C20H31N7O/c1-17-15-22-27(16-17)10-9-25-7-4-18(5-8-25)24(2)19-3-6-21-20(23-19)26-11-13-28-14-12-26/h3,6,15-16,18H,4-5,7-14H2,1-2H3. The number of ether oxygens (including phenoxy) is 1. The maximum absolute atomic E-state index is 5.44. The van der Waals surface area contributed by atoms with Gasteiger partial charge in [0.05, 0.1) is 26.0 Å². The van der Waals surface area contributed by atoms with E-state index in [9.17, 15) is 0 Å². The van der Waals surface area contributed by atoms with Crippen LogP contribution in [-0.4, -0.2) is 83.7 Å². The monoisotopic (exact) mass is 385 g/mol. The number of piperidine rings is 1. The summed E-state index contributed by atoms with van der Waals surface area (Å²) in [6.07, 6.45) is 8.23. The van der Waals surface area contributed by atoms with E-state index in [2.05, 4.69) is 45.0 Å². The van der Waals surface area contributed by atoms with Gasteiger partial charge in [-0.15, -0.1) is 0 Å². The fraction of sp³-hybridized carbons (Fsp3) is 0.650. The molecule has 0 aromatic carbocycles. The summed E-state index contributed by atoms with van der Waals surface area (Å²) in [6.45, 7) is 9.58. The SMILES string of the molecule is Cc1cnn(CCN2CCC(N(C)c3ccnc(N4CCOCC4)n3)CC2)c1. The van der Waals surface area contributed by atoms with Crippen molar-refractivity contribution in [3.05, 3.63) is 30.2 Å². The fourth-order valence-electron chi connectivity index (χ4n) is 4.00. The number of rotatable bonds is 6. The highest BCUT2D eigenvalue weighted by Crippen LogP contribution is 2.22. The molecule has 2 aromatic rings. The van der Waals surface area contributed by atoms with Gasteiger partial charge in [0.1, 0.15) is 5.82 Å². The third kappa shape index (κ3) is 4.62. The summed E-state index contributed by atoms with van der Waals surface area (Å²) in [4.78, 5) is 16.4. The van der Waals surface area contributed by atoms with Crippen LogP contribution in [-0.2, 0) is 11.3 Å². The highest BCUT2D eigenvalue weighted by molar-refractivity contribution is 5.44. The zero-order valence-electron chi connectivity index (χ0n) is 17.0. The Morgan fingerprint density at radius 3 is 2.64 bits per heavy atom. The maximum atomic E-state index is 5.44. The van der Waals surface area contributed by atoms with Crippen LogP contribution in [0.25, 0.3) is 0 Å². The van der Waals surface area contributed by atoms with Crippen molar-refractivity contribution >= 4 is 11.8 Å². The number of aryl methyl sites for hydroxylation is 1. The van der Waals surface area contributed by atoms with Gasteiger partial charge in [0.25, 0.3) is 0 Å². The Kier molecular flexibility index (Phi) is 6.07. The molecule has 2 aliphatic rings. The van der Waals surface area contributed by atoms with Gasteiger partial charge in [-0.25, -0.2) is 4.98 Å². The third-order valence-electron chi connectivity index (χ3n) is 5.80. The molecule has 0 radical (unpaired) electrons. The predicted octanol–water partition coefficient (Wildman–Crippen LogP) is 1.42. The minimum Gasteiger partial charge on any atom is -0.378 e. The minimum absolute atomic E-state index is 0.524. The molecule has 4 heterocycles. The molecular weight excluding hydrogens is 354 g/mol. The van der Waals surface area contributed by atoms with Crippen molar-refractivity contribution < 1.29 is 4.74 Å². The van der Waals surface area contributed by atoms with Gasteiger partial charge >= 0.3 is 0 Å². The molecule has 28 heavy (non-hydrogen) atoms. The zero-order chi connectivity index (χ0) is 19.3. The Morgan fingerprint density at radius 1 is 1.14 bits per heavy atom. The lowest BCUT2D eigenvalue weighted by Crippen LogP contribution is -2.44. The molecular formula is C20H31N7O. The first-order valence-corrected chi connectivity index (χ1v) is 10.3. The van der Waals surface area contributed by atoms with Gasteiger partial charge < -0.3 is 19.4 Å². The van der Waals surface area contributed by atoms with Crippen molar-refractivity contribution in [2.45, 2.75) is 32.4 Å². The summed E-state index contributed by atoms with van der Waals surface area (Å²) in [6, 6.07) is 2.55. The van der Waals surface area contributed by atoms with E-state index >= 15 is 0 Å². The van der Waals surface area contributed by atoms with E-state index in [0.717, 1.165) is 77.1 Å². The number of hydrogen-bond acceptors (Lipinski definition) is 7. The molecule has 0 N–H and O–H groups in total. The summed E-state index contributed by atoms with van der Waals surface area (Å²) < 4.78 is 7.48. The van der Waals surface area contributed by atoms with E-state index in [1.807, 2.05) is 23.1 Å². The van der Waals surface area contributed by atoms with E-state index in [1.165, 1.54) is 5.56 Å². The topological polar surface area (TPSA) is 62.6 Å². The highest BCUT2D eigenvalue weighted by Gasteiger charge is 2.24. The van der Waals surface area contributed by atoms with Crippen molar-refractivity contribution in [3.8, 4) is 0 Å². The average Bonchev–Trinajstić information content (AvgIpc) is 3.18. The first-order chi connectivity index (χ1) is 13.7. The molecule has 8 heteroatoms. The van der Waals surface area contributed by atoms with Crippen LogP contribution in [0.4, 0.5) is 11.8 Å². The minimum atomic E-state index is 0.524. The Balaban J connectivity index is 1.29. The second-order valence-electron chi connectivity index (χ2n) is 7.78. The number of hydrogen-bond donors (Lipinski definition) is 0. The first-order valence-electron chi connectivity index (χ1n) is 10.3. The van der Waals surface area contributed by atoms with Gasteiger partial charge in [-0.1, -0.05) is 0 Å². The summed E-state index contributed by atoms with van der Waals surface area (Å²) >= 11 is 0. The lowest BCUT2D eigenvalue weighted by atomic mass is 10.0. The molecule has 8 nitrogen and oxygen atoms in total. The molecule has 0 amide bonds. The van der Waals surface area contributed by atoms with E-state index in [-0.39, 0.29) is 0 Å². The van der Waals surface area contributed by atoms with Crippen molar-refractivity contribution in [1.82, 2.24) is 24.6 Å². The zero-order valence-corrected chi connectivity index (χ0v) is 17.0. The molecule has 0 aliphatic carbocycles. The Hall–Kier alpha value is -2.19. The Morgan fingerprint density at radius 2 is 1.93 bits per heavy atom. The average molecular weight is 386 g/mol. The van der Waals surface area contributed by atoms with E-state index in [0.29, 0.717) is 6.04 Å². The molecule has 4 rings (SSSR count). The number of nitrogens with zero attached hydrogens (tertiary/aromatic N) is 7. The Labute approximate surface area is 167 Å². The van der Waals surface area contributed by atoms with Crippen LogP contribution < -0.4 is 9.80 Å². The number of likely N-dealkylation sites (tertiary alicyclic amines) is 1. The fourth-order valence-corrected chi connectivity index (χ4v) is 4.00. The van der Waals surface area contributed by atoms with Crippen molar-refractivity contribution in [1.29, 1.82) is 0 Å². The molecule has 152 valence electrons. The van der Waals surface area contributed by atoms with Crippen molar-refractivity contribution in [3.63, 3.8) is 0 Å². The predicted molar refractivity (Wildman–Crippen MR) is 110 cm³/mol. The van der Waals surface area contributed by atoms with Crippen LogP contribution in [0.5, 0.6) is 0 Å². The number of aromatic nitrogens is 4. The van der Waals surface area contributed by atoms with E-state index in [4.69, 9.17) is 9.72 Å². The lowest BCUT2D eigenvalue weighted by Gasteiger charge is -2.37. The molecule has 2 saturated heterocycles. The first kappa shape index (κ1) is 19.1. The molecule has 2 aliphatic heterocycles. The molecule has 0 saturated carbocycles. The summed E-state index contributed by atoms with van der Waals surface area (Å²) in [7, 11) is 2.16. The van der Waals surface area contributed by atoms with Crippen LogP contribution in [0.3, 0.4) is 0 Å². The quantitative estimate of drug-likeness (QED) is 0.745. The molecule has 2 aromatic heterocycles. The van der Waals surface area contributed by atoms with Gasteiger partial charge in [0.2, 0.25) is 5.95 Å². The molecule has 0 spiro atoms. The van der Waals surface area contributed by atoms with Gasteiger partial charge in [-0.05, 0) is 31.4 Å². The van der Waals surface area contributed by atoms with E-state index < -0.39 is 0 Å². The van der Waals surface area contributed by atoms with Gasteiger partial charge in [-0.3, -0.25) is 4.68 Å². The van der Waals surface area contributed by atoms with Crippen molar-refractivity contribution in [2.75, 3.05) is 62.8 Å². The molecule has 0 bridgehead atoms. The van der Waals surface area contributed by atoms with E-state index in [1.54, 1.807) is 0 Å². The largest absolute Gasteiger partial charge is 0.378 e. The maximum Gasteiger partial charge on any atom is 0.227 e. The molecule has 0 atom stereocenters. The van der Waals surface area contributed by atoms with Crippen LogP contribution >= 0.6 is 0 Å². The van der Waals surface area contributed by atoms with Gasteiger partial charge in [0, 0.05) is 58.2 Å². The second kappa shape index (κ2) is 8.87. The molecule has 2 fully saturated rings. The second-order valence-corrected chi connectivity index (χ2v) is 7.78. The molecule has 0 unspecified atom stereocenters. The lowest BCUT2D eigenvalue weighted by molar-refractivity contribution is 0.122. The number of morpholine rings is 1. The van der Waals surface area contributed by atoms with Crippen LogP contribution in [0.1, 0.15) is 18.4 Å². The number of anilines is 2. The van der Waals surface area contributed by atoms with Gasteiger partial charge in [-0.2, -0.15) is 10.1 Å². The van der Waals surface area contributed by atoms with Crippen LogP contribution in [0.15, 0.2) is 24.7 Å². The highest BCUT2D eigenvalue weighted by atomic mass is 16.5. The van der Waals surface area contributed by atoms with Crippen molar-refractivity contribution in [2.24, 2.45) is 0 Å². The smallest absolute Gasteiger partial charge is 0.227 e. The van der Waals surface area contributed by atoms with Crippen LogP contribution in [0, 0.1) is 6.92 Å².